The lowest BCUT2D eigenvalue weighted by Gasteiger charge is -1.97. The Morgan fingerprint density at radius 1 is 1.33 bits per heavy atom. The third-order valence-corrected chi connectivity index (χ3v) is 1.92. The minimum atomic E-state index is -0.269. The monoisotopic (exact) mass is 204 g/mol. The minimum Gasteiger partial charge on any atom is -0.370 e. The third kappa shape index (κ3) is 5.65. The van der Waals surface area contributed by atoms with Crippen molar-refractivity contribution in [3.63, 3.8) is 0 Å². The zero-order valence-electron chi connectivity index (χ0n) is 8.65. The van der Waals surface area contributed by atoms with Gasteiger partial charge >= 0.3 is 0 Å². The molecule has 0 unspecified atom stereocenters. The van der Waals surface area contributed by atoms with Crippen LogP contribution in [-0.2, 0) is 4.79 Å². The van der Waals surface area contributed by atoms with Gasteiger partial charge in [-0.3, -0.25) is 4.79 Å². The molecule has 15 heavy (non-hydrogen) atoms. The molecule has 0 bridgehead atoms. The van der Waals surface area contributed by atoms with E-state index in [9.17, 15) is 4.79 Å². The van der Waals surface area contributed by atoms with E-state index in [1.807, 2.05) is 42.5 Å². The Morgan fingerprint density at radius 2 is 2.07 bits per heavy atom. The van der Waals surface area contributed by atoms with Gasteiger partial charge in [0.25, 0.3) is 0 Å². The first-order chi connectivity index (χ1) is 7.29. The summed E-state index contributed by atoms with van der Waals surface area (Å²) >= 11 is 0. The fourth-order valence-corrected chi connectivity index (χ4v) is 1.16. The van der Waals surface area contributed by atoms with E-state index >= 15 is 0 Å². The summed E-state index contributed by atoms with van der Waals surface area (Å²) in [5, 5.41) is 3.10. The molecule has 0 aromatic heterocycles. The summed E-state index contributed by atoms with van der Waals surface area (Å²) in [7, 11) is 0. The van der Waals surface area contributed by atoms with Crippen molar-refractivity contribution in [2.45, 2.75) is 6.42 Å². The van der Waals surface area contributed by atoms with E-state index in [1.54, 1.807) is 0 Å². The molecule has 0 fully saturated rings. The lowest BCUT2D eigenvalue weighted by Crippen LogP contribution is -2.21. The Bertz CT molecular complexity index is 320. The van der Waals surface area contributed by atoms with Gasteiger partial charge in [-0.15, -0.1) is 0 Å². The molecule has 0 saturated heterocycles. The van der Waals surface area contributed by atoms with Crippen molar-refractivity contribution < 1.29 is 4.79 Å². The number of carbonyl (C=O) groups is 1. The van der Waals surface area contributed by atoms with E-state index in [-0.39, 0.29) is 5.91 Å². The third-order valence-electron chi connectivity index (χ3n) is 1.92. The van der Waals surface area contributed by atoms with Crippen LogP contribution < -0.4 is 11.1 Å². The minimum absolute atomic E-state index is 0.269. The molecule has 1 aromatic carbocycles. The lowest BCUT2D eigenvalue weighted by atomic mass is 10.2. The van der Waals surface area contributed by atoms with Crippen molar-refractivity contribution in [1.29, 1.82) is 0 Å². The second kappa shape index (κ2) is 6.79. The van der Waals surface area contributed by atoms with Crippen LogP contribution >= 0.6 is 0 Å². The molecule has 0 aliphatic carbocycles. The second-order valence-corrected chi connectivity index (χ2v) is 3.23. The highest BCUT2D eigenvalue weighted by atomic mass is 16.1. The number of hydrogen-bond donors (Lipinski definition) is 2. The van der Waals surface area contributed by atoms with E-state index in [2.05, 4.69) is 5.32 Å². The van der Waals surface area contributed by atoms with Crippen LogP contribution in [0.25, 0.3) is 6.08 Å². The SMILES string of the molecule is NC(=O)CCNCC=Cc1ccccc1. The molecule has 1 aromatic rings. The van der Waals surface area contributed by atoms with Crippen LogP contribution in [0.5, 0.6) is 0 Å². The molecule has 0 atom stereocenters. The Labute approximate surface area is 90.0 Å². The van der Waals surface area contributed by atoms with Gasteiger partial charge in [0.15, 0.2) is 0 Å². The Morgan fingerprint density at radius 3 is 2.73 bits per heavy atom. The molecule has 0 radical (unpaired) electrons. The molecule has 1 rings (SSSR count). The molecule has 0 saturated carbocycles. The van der Waals surface area contributed by atoms with Crippen molar-refractivity contribution in [2.24, 2.45) is 5.73 Å². The van der Waals surface area contributed by atoms with Gasteiger partial charge in [0.1, 0.15) is 0 Å². The van der Waals surface area contributed by atoms with Crippen molar-refractivity contribution in [2.75, 3.05) is 13.1 Å². The van der Waals surface area contributed by atoms with Crippen molar-refractivity contribution in [1.82, 2.24) is 5.32 Å². The summed E-state index contributed by atoms with van der Waals surface area (Å²) < 4.78 is 0. The number of hydrogen-bond acceptors (Lipinski definition) is 2. The maximum absolute atomic E-state index is 10.4. The van der Waals surface area contributed by atoms with Crippen LogP contribution in [0.3, 0.4) is 0 Å². The molecule has 0 spiro atoms. The largest absolute Gasteiger partial charge is 0.370 e. The first-order valence-electron chi connectivity index (χ1n) is 4.99. The number of amides is 1. The van der Waals surface area contributed by atoms with Crippen molar-refractivity contribution in [3.8, 4) is 0 Å². The van der Waals surface area contributed by atoms with E-state index in [0.717, 1.165) is 6.54 Å². The van der Waals surface area contributed by atoms with Gasteiger partial charge in [-0.25, -0.2) is 0 Å². The zero-order chi connectivity index (χ0) is 10.9. The number of nitrogens with two attached hydrogens (primary N) is 1. The van der Waals surface area contributed by atoms with Gasteiger partial charge in [0.2, 0.25) is 5.91 Å². The van der Waals surface area contributed by atoms with Crippen LogP contribution in [0, 0.1) is 0 Å². The maximum atomic E-state index is 10.4. The standard InChI is InChI=1S/C12H16N2O/c13-12(15)8-10-14-9-4-7-11-5-2-1-3-6-11/h1-7,14H,8-10H2,(H2,13,15). The first kappa shape index (κ1) is 11.5. The summed E-state index contributed by atoms with van der Waals surface area (Å²) in [6, 6.07) is 10.1. The second-order valence-electron chi connectivity index (χ2n) is 3.23. The topological polar surface area (TPSA) is 55.1 Å². The summed E-state index contributed by atoms with van der Waals surface area (Å²) in [6.45, 7) is 1.39. The fourth-order valence-electron chi connectivity index (χ4n) is 1.16. The highest BCUT2D eigenvalue weighted by Crippen LogP contribution is 1.99. The highest BCUT2D eigenvalue weighted by molar-refractivity contribution is 5.73. The number of nitrogens with one attached hydrogen (secondary N) is 1. The lowest BCUT2D eigenvalue weighted by molar-refractivity contribution is -0.117. The van der Waals surface area contributed by atoms with E-state index < -0.39 is 0 Å². The molecule has 3 heteroatoms. The molecule has 3 N–H and O–H groups in total. The number of benzene rings is 1. The average molecular weight is 204 g/mol. The predicted octanol–water partition coefficient (Wildman–Crippen LogP) is 1.16. The zero-order valence-corrected chi connectivity index (χ0v) is 8.65. The summed E-state index contributed by atoms with van der Waals surface area (Å²) in [4.78, 5) is 10.4. The Kier molecular flexibility index (Phi) is 5.19. The molecular formula is C12H16N2O. The maximum Gasteiger partial charge on any atom is 0.218 e. The normalized spacial score (nSPS) is 10.7. The Hall–Kier alpha value is -1.61. The van der Waals surface area contributed by atoms with Crippen LogP contribution in [0.15, 0.2) is 36.4 Å². The quantitative estimate of drug-likeness (QED) is 0.683. The summed E-state index contributed by atoms with van der Waals surface area (Å²) in [5.74, 6) is -0.269. The van der Waals surface area contributed by atoms with Crippen LogP contribution in [0.4, 0.5) is 0 Å². The highest BCUT2D eigenvalue weighted by Gasteiger charge is 1.90. The number of carbonyl (C=O) groups excluding carboxylic acids is 1. The van der Waals surface area contributed by atoms with Gasteiger partial charge in [0, 0.05) is 19.5 Å². The molecule has 1 amide bonds. The summed E-state index contributed by atoms with van der Waals surface area (Å²) in [6.07, 6.45) is 4.45. The van der Waals surface area contributed by atoms with Crippen LogP contribution in [0.2, 0.25) is 0 Å². The van der Waals surface area contributed by atoms with Gasteiger partial charge in [-0.05, 0) is 5.56 Å². The molecule has 0 aliphatic rings. The summed E-state index contributed by atoms with van der Waals surface area (Å²) in [5.41, 5.74) is 6.18. The number of primary amides is 1. The van der Waals surface area contributed by atoms with Gasteiger partial charge in [-0.2, -0.15) is 0 Å². The molecule has 3 nitrogen and oxygen atoms in total. The van der Waals surface area contributed by atoms with Crippen LogP contribution in [-0.4, -0.2) is 19.0 Å². The predicted molar refractivity (Wildman–Crippen MR) is 62.2 cm³/mol. The smallest absolute Gasteiger partial charge is 0.218 e. The van der Waals surface area contributed by atoms with Crippen molar-refractivity contribution >= 4 is 12.0 Å². The van der Waals surface area contributed by atoms with E-state index in [0.29, 0.717) is 13.0 Å². The molecular weight excluding hydrogens is 188 g/mol. The molecule has 0 aliphatic heterocycles. The van der Waals surface area contributed by atoms with Crippen LogP contribution in [0.1, 0.15) is 12.0 Å². The number of rotatable bonds is 6. The van der Waals surface area contributed by atoms with Crippen molar-refractivity contribution in [3.05, 3.63) is 42.0 Å². The fraction of sp³-hybridized carbons (Fsp3) is 0.250. The van der Waals surface area contributed by atoms with E-state index in [4.69, 9.17) is 5.73 Å². The van der Waals surface area contributed by atoms with Gasteiger partial charge in [0.05, 0.1) is 0 Å². The van der Waals surface area contributed by atoms with Gasteiger partial charge < -0.3 is 11.1 Å². The van der Waals surface area contributed by atoms with Gasteiger partial charge in [-0.1, -0.05) is 42.5 Å². The Balaban J connectivity index is 2.15. The first-order valence-corrected chi connectivity index (χ1v) is 4.99. The van der Waals surface area contributed by atoms with E-state index in [1.165, 1.54) is 5.56 Å². The average Bonchev–Trinajstić information content (AvgIpc) is 2.24. The molecule has 0 heterocycles. The molecule has 80 valence electrons.